The van der Waals surface area contributed by atoms with Crippen molar-refractivity contribution in [3.05, 3.63) is 70.3 Å². The van der Waals surface area contributed by atoms with Crippen LogP contribution in [0, 0.1) is 5.82 Å². The SMILES string of the molecule is Nc1cccc(-c2csc(Cc3cccc(F)c3)n2)c1. The van der Waals surface area contributed by atoms with Crippen molar-refractivity contribution in [3.63, 3.8) is 0 Å². The first-order valence-electron chi connectivity index (χ1n) is 6.25. The van der Waals surface area contributed by atoms with E-state index in [2.05, 4.69) is 4.98 Å². The van der Waals surface area contributed by atoms with Crippen LogP contribution in [-0.4, -0.2) is 4.98 Å². The first-order valence-corrected chi connectivity index (χ1v) is 7.13. The molecule has 2 N–H and O–H groups in total. The number of hydrogen-bond donors (Lipinski definition) is 1. The van der Waals surface area contributed by atoms with Crippen molar-refractivity contribution in [1.29, 1.82) is 0 Å². The quantitative estimate of drug-likeness (QED) is 0.735. The third-order valence-electron chi connectivity index (χ3n) is 2.98. The zero-order chi connectivity index (χ0) is 13.9. The molecule has 0 amide bonds. The normalized spacial score (nSPS) is 10.7. The number of nitrogens with two attached hydrogens (primary N) is 1. The van der Waals surface area contributed by atoms with Crippen LogP contribution in [0.5, 0.6) is 0 Å². The van der Waals surface area contributed by atoms with Crippen LogP contribution in [0.15, 0.2) is 53.9 Å². The number of hydrogen-bond acceptors (Lipinski definition) is 3. The van der Waals surface area contributed by atoms with Gasteiger partial charge in [-0.1, -0.05) is 24.3 Å². The molecule has 0 unspecified atom stereocenters. The lowest BCUT2D eigenvalue weighted by atomic mass is 10.1. The molecule has 0 spiro atoms. The molecule has 100 valence electrons. The number of rotatable bonds is 3. The van der Waals surface area contributed by atoms with Gasteiger partial charge in [-0.3, -0.25) is 0 Å². The highest BCUT2D eigenvalue weighted by molar-refractivity contribution is 7.10. The number of thiazole rings is 1. The number of benzene rings is 2. The molecule has 1 aromatic heterocycles. The minimum atomic E-state index is -0.213. The number of anilines is 1. The zero-order valence-corrected chi connectivity index (χ0v) is 11.5. The number of nitrogen functional groups attached to an aromatic ring is 1. The lowest BCUT2D eigenvalue weighted by molar-refractivity contribution is 0.626. The van der Waals surface area contributed by atoms with E-state index in [1.54, 1.807) is 23.5 Å². The maximum Gasteiger partial charge on any atom is 0.123 e. The van der Waals surface area contributed by atoms with Crippen molar-refractivity contribution in [1.82, 2.24) is 4.98 Å². The predicted octanol–water partition coefficient (Wildman–Crippen LogP) is 4.12. The summed E-state index contributed by atoms with van der Waals surface area (Å²) in [5.74, 6) is -0.213. The summed E-state index contributed by atoms with van der Waals surface area (Å²) in [5, 5.41) is 2.97. The number of aromatic nitrogens is 1. The summed E-state index contributed by atoms with van der Waals surface area (Å²) < 4.78 is 13.2. The third kappa shape index (κ3) is 2.86. The molecule has 20 heavy (non-hydrogen) atoms. The van der Waals surface area contributed by atoms with E-state index >= 15 is 0 Å². The molecule has 1 heterocycles. The van der Waals surface area contributed by atoms with E-state index in [1.807, 2.05) is 35.7 Å². The summed E-state index contributed by atoms with van der Waals surface area (Å²) in [6.07, 6.45) is 0.644. The Labute approximate surface area is 120 Å². The van der Waals surface area contributed by atoms with Crippen molar-refractivity contribution >= 4 is 17.0 Å². The second kappa shape index (κ2) is 5.43. The van der Waals surface area contributed by atoms with Crippen LogP contribution < -0.4 is 5.73 Å². The minimum absolute atomic E-state index is 0.213. The lowest BCUT2D eigenvalue weighted by Crippen LogP contribution is -1.89. The van der Waals surface area contributed by atoms with Crippen molar-refractivity contribution in [2.75, 3.05) is 5.73 Å². The highest BCUT2D eigenvalue weighted by atomic mass is 32.1. The summed E-state index contributed by atoms with van der Waals surface area (Å²) in [6.45, 7) is 0. The van der Waals surface area contributed by atoms with Crippen molar-refractivity contribution in [2.45, 2.75) is 6.42 Å². The first-order chi connectivity index (χ1) is 9.70. The molecule has 0 atom stereocenters. The second-order valence-electron chi connectivity index (χ2n) is 4.56. The van der Waals surface area contributed by atoms with Crippen molar-refractivity contribution < 1.29 is 4.39 Å². The Hall–Kier alpha value is -2.20. The van der Waals surface area contributed by atoms with Crippen LogP contribution in [0.2, 0.25) is 0 Å². The average molecular weight is 284 g/mol. The van der Waals surface area contributed by atoms with E-state index in [0.29, 0.717) is 6.42 Å². The number of nitrogens with zero attached hydrogens (tertiary/aromatic N) is 1. The van der Waals surface area contributed by atoms with Gasteiger partial charge in [-0.2, -0.15) is 0 Å². The zero-order valence-electron chi connectivity index (χ0n) is 10.7. The number of halogens is 1. The van der Waals surface area contributed by atoms with Gasteiger partial charge in [-0.15, -0.1) is 11.3 Å². The fourth-order valence-corrected chi connectivity index (χ4v) is 2.88. The van der Waals surface area contributed by atoms with Gasteiger partial charge in [0.05, 0.1) is 10.7 Å². The predicted molar refractivity (Wildman–Crippen MR) is 81.2 cm³/mol. The lowest BCUT2D eigenvalue weighted by Gasteiger charge is -1.99. The smallest absolute Gasteiger partial charge is 0.123 e. The maximum atomic E-state index is 13.2. The summed E-state index contributed by atoms with van der Waals surface area (Å²) in [6, 6.07) is 14.3. The van der Waals surface area contributed by atoms with Gasteiger partial charge in [-0.25, -0.2) is 9.37 Å². The topological polar surface area (TPSA) is 38.9 Å². The maximum absolute atomic E-state index is 13.2. The van der Waals surface area contributed by atoms with Gasteiger partial charge in [0.1, 0.15) is 5.82 Å². The van der Waals surface area contributed by atoms with Crippen molar-refractivity contribution in [3.8, 4) is 11.3 Å². The minimum Gasteiger partial charge on any atom is -0.399 e. The molecule has 3 aromatic rings. The molecule has 0 saturated carbocycles. The van der Waals surface area contributed by atoms with Crippen LogP contribution in [0.1, 0.15) is 10.6 Å². The van der Waals surface area contributed by atoms with Crippen LogP contribution >= 0.6 is 11.3 Å². The molecule has 0 saturated heterocycles. The molecule has 0 aliphatic heterocycles. The molecule has 0 aliphatic carbocycles. The van der Waals surface area contributed by atoms with E-state index in [-0.39, 0.29) is 5.82 Å². The van der Waals surface area contributed by atoms with E-state index < -0.39 is 0 Å². The largest absolute Gasteiger partial charge is 0.399 e. The molecule has 0 aliphatic rings. The Morgan fingerprint density at radius 1 is 1.10 bits per heavy atom. The summed E-state index contributed by atoms with van der Waals surface area (Å²) in [7, 11) is 0. The second-order valence-corrected chi connectivity index (χ2v) is 5.50. The van der Waals surface area contributed by atoms with Crippen LogP contribution in [0.4, 0.5) is 10.1 Å². The fraction of sp³-hybridized carbons (Fsp3) is 0.0625. The van der Waals surface area contributed by atoms with Crippen LogP contribution in [0.25, 0.3) is 11.3 Å². The molecular formula is C16H13FN2S. The molecule has 0 fully saturated rings. The van der Waals surface area contributed by atoms with Crippen molar-refractivity contribution in [2.24, 2.45) is 0 Å². The van der Waals surface area contributed by atoms with Gasteiger partial charge in [0.2, 0.25) is 0 Å². The summed E-state index contributed by atoms with van der Waals surface area (Å²) in [5.41, 5.74) is 9.35. The van der Waals surface area contributed by atoms with E-state index in [0.717, 1.165) is 27.5 Å². The Balaban J connectivity index is 1.84. The van der Waals surface area contributed by atoms with Gasteiger partial charge in [0.15, 0.2) is 0 Å². The molecule has 3 rings (SSSR count). The molecule has 0 bridgehead atoms. The molecule has 2 nitrogen and oxygen atoms in total. The highest BCUT2D eigenvalue weighted by Gasteiger charge is 2.06. The van der Waals surface area contributed by atoms with Crippen LogP contribution in [0.3, 0.4) is 0 Å². The van der Waals surface area contributed by atoms with Gasteiger partial charge >= 0.3 is 0 Å². The fourth-order valence-electron chi connectivity index (χ4n) is 2.04. The third-order valence-corrected chi connectivity index (χ3v) is 3.83. The molecule has 2 aromatic carbocycles. The summed E-state index contributed by atoms with van der Waals surface area (Å²) in [4.78, 5) is 4.59. The van der Waals surface area contributed by atoms with E-state index in [4.69, 9.17) is 5.73 Å². The molecule has 4 heteroatoms. The first kappa shape index (κ1) is 12.8. The van der Waals surface area contributed by atoms with Gasteiger partial charge in [0, 0.05) is 23.1 Å². The Bertz CT molecular complexity index is 737. The summed E-state index contributed by atoms with van der Waals surface area (Å²) >= 11 is 1.58. The molecular weight excluding hydrogens is 271 g/mol. The van der Waals surface area contributed by atoms with E-state index in [9.17, 15) is 4.39 Å². The Kier molecular flexibility index (Phi) is 3.48. The highest BCUT2D eigenvalue weighted by Crippen LogP contribution is 2.24. The monoisotopic (exact) mass is 284 g/mol. The van der Waals surface area contributed by atoms with Gasteiger partial charge in [0.25, 0.3) is 0 Å². The Morgan fingerprint density at radius 3 is 2.75 bits per heavy atom. The van der Waals surface area contributed by atoms with Gasteiger partial charge < -0.3 is 5.73 Å². The Morgan fingerprint density at radius 2 is 1.95 bits per heavy atom. The standard InChI is InChI=1S/C16H13FN2S/c17-13-5-1-3-11(7-13)8-16-19-15(10-20-16)12-4-2-6-14(18)9-12/h1-7,9-10H,8,18H2. The van der Waals surface area contributed by atoms with E-state index in [1.165, 1.54) is 6.07 Å². The average Bonchev–Trinajstić information content (AvgIpc) is 2.87. The van der Waals surface area contributed by atoms with Gasteiger partial charge in [-0.05, 0) is 29.8 Å². The molecule has 0 radical (unpaired) electrons. The van der Waals surface area contributed by atoms with Crippen LogP contribution in [-0.2, 0) is 6.42 Å².